The average Bonchev–Trinajstić information content (AvgIpc) is 3.02. The van der Waals surface area contributed by atoms with E-state index < -0.39 is 17.1 Å². The first-order valence-electron chi connectivity index (χ1n) is 6.92. The van der Waals surface area contributed by atoms with Crippen molar-refractivity contribution in [2.24, 2.45) is 0 Å². The molecule has 124 valence electrons. The van der Waals surface area contributed by atoms with Gasteiger partial charge in [0.05, 0.1) is 0 Å². The highest BCUT2D eigenvalue weighted by atomic mass is 19.1. The minimum Gasteiger partial charge on any atom is -0.480 e. The number of aliphatic hydroxyl groups excluding tert-OH is 1. The second-order valence-electron chi connectivity index (χ2n) is 4.87. The fourth-order valence-corrected chi connectivity index (χ4v) is 2.02. The molecule has 2 heterocycles. The molecule has 0 aliphatic rings. The zero-order valence-corrected chi connectivity index (χ0v) is 12.3. The second-order valence-corrected chi connectivity index (χ2v) is 4.87. The van der Waals surface area contributed by atoms with Crippen LogP contribution < -0.4 is 10.2 Å². The number of hydrogen-bond donors (Lipinski definition) is 1. The van der Waals surface area contributed by atoms with Crippen molar-refractivity contribution in [2.75, 3.05) is 0 Å². The lowest BCUT2D eigenvalue weighted by molar-refractivity contribution is 0.235. The number of hydrogen-bond acceptors (Lipinski definition) is 5. The third-order valence-electron chi connectivity index (χ3n) is 3.18. The van der Waals surface area contributed by atoms with E-state index in [4.69, 9.17) is 14.3 Å². The zero-order chi connectivity index (χ0) is 17.1. The summed E-state index contributed by atoms with van der Waals surface area (Å²) in [5.41, 5.74) is 0.0909. The Morgan fingerprint density at radius 2 is 2.08 bits per heavy atom. The molecule has 0 aliphatic heterocycles. The summed E-state index contributed by atoms with van der Waals surface area (Å²) in [5.74, 6) is -1.33. The molecule has 3 rings (SSSR count). The van der Waals surface area contributed by atoms with Crippen LogP contribution in [-0.4, -0.2) is 14.9 Å². The molecular formula is C16H12F2N2O4. The Labute approximate surface area is 134 Å². The number of nitrogens with zero attached hydrogens (tertiary/aromatic N) is 2. The SMILES string of the molecule is O=c1cc(CO)occ1OCc1ccn(-c2ccc(F)cc2F)n1. The van der Waals surface area contributed by atoms with Crippen molar-refractivity contribution >= 4 is 0 Å². The van der Waals surface area contributed by atoms with Crippen molar-refractivity contribution in [3.63, 3.8) is 0 Å². The van der Waals surface area contributed by atoms with Gasteiger partial charge in [-0.15, -0.1) is 0 Å². The summed E-state index contributed by atoms with van der Waals surface area (Å²) in [6, 6.07) is 5.87. The van der Waals surface area contributed by atoms with Gasteiger partial charge in [0.15, 0.2) is 5.82 Å². The number of ether oxygens (including phenoxy) is 1. The molecule has 0 spiro atoms. The lowest BCUT2D eigenvalue weighted by Gasteiger charge is -2.04. The molecule has 8 heteroatoms. The maximum absolute atomic E-state index is 13.7. The van der Waals surface area contributed by atoms with Crippen molar-refractivity contribution < 1.29 is 23.0 Å². The molecule has 0 saturated carbocycles. The van der Waals surface area contributed by atoms with Crippen LogP contribution in [0.4, 0.5) is 8.78 Å². The van der Waals surface area contributed by atoms with E-state index in [1.807, 2.05) is 0 Å². The average molecular weight is 334 g/mol. The highest BCUT2D eigenvalue weighted by Crippen LogP contribution is 2.15. The van der Waals surface area contributed by atoms with E-state index in [1.54, 1.807) is 6.07 Å². The van der Waals surface area contributed by atoms with Crippen molar-refractivity contribution in [1.82, 2.24) is 9.78 Å². The van der Waals surface area contributed by atoms with E-state index in [0.29, 0.717) is 5.69 Å². The second kappa shape index (κ2) is 6.63. The molecule has 0 aliphatic carbocycles. The molecule has 0 saturated heterocycles. The van der Waals surface area contributed by atoms with Crippen LogP contribution in [-0.2, 0) is 13.2 Å². The van der Waals surface area contributed by atoms with Gasteiger partial charge >= 0.3 is 0 Å². The van der Waals surface area contributed by atoms with Crippen LogP contribution in [0.5, 0.6) is 5.75 Å². The van der Waals surface area contributed by atoms with Gasteiger partial charge in [-0.1, -0.05) is 0 Å². The fourth-order valence-electron chi connectivity index (χ4n) is 2.02. The van der Waals surface area contributed by atoms with Gasteiger partial charge in [-0.2, -0.15) is 5.10 Å². The monoisotopic (exact) mass is 334 g/mol. The fraction of sp³-hybridized carbons (Fsp3) is 0.125. The molecule has 0 amide bonds. The zero-order valence-electron chi connectivity index (χ0n) is 12.3. The number of benzene rings is 1. The van der Waals surface area contributed by atoms with Gasteiger partial charge in [0.1, 0.15) is 42.4 Å². The maximum atomic E-state index is 13.7. The molecule has 0 radical (unpaired) electrons. The normalized spacial score (nSPS) is 10.8. The van der Waals surface area contributed by atoms with Crippen molar-refractivity contribution in [2.45, 2.75) is 13.2 Å². The Bertz CT molecular complexity index is 920. The van der Waals surface area contributed by atoms with E-state index in [1.165, 1.54) is 16.9 Å². The van der Waals surface area contributed by atoms with Gasteiger partial charge in [-0.05, 0) is 18.2 Å². The van der Waals surface area contributed by atoms with Crippen molar-refractivity contribution in [3.05, 3.63) is 76.1 Å². The summed E-state index contributed by atoms with van der Waals surface area (Å²) in [7, 11) is 0. The summed E-state index contributed by atoms with van der Waals surface area (Å²) < 4.78 is 38.2. The Kier molecular flexibility index (Phi) is 4.39. The molecule has 0 bridgehead atoms. The molecule has 1 aromatic carbocycles. The topological polar surface area (TPSA) is 77.5 Å². The predicted molar refractivity (Wildman–Crippen MR) is 78.7 cm³/mol. The minimum absolute atomic E-state index is 0.0327. The molecule has 0 unspecified atom stereocenters. The highest BCUT2D eigenvalue weighted by molar-refractivity contribution is 5.33. The van der Waals surface area contributed by atoms with Crippen LogP contribution in [0.3, 0.4) is 0 Å². The number of aromatic nitrogens is 2. The molecule has 1 N–H and O–H groups in total. The van der Waals surface area contributed by atoms with Gasteiger partial charge in [0.25, 0.3) is 0 Å². The molecule has 3 aromatic rings. The third-order valence-corrected chi connectivity index (χ3v) is 3.18. The van der Waals surface area contributed by atoms with E-state index in [9.17, 15) is 13.6 Å². The van der Waals surface area contributed by atoms with Crippen molar-refractivity contribution in [3.8, 4) is 11.4 Å². The molecular weight excluding hydrogens is 322 g/mol. The van der Waals surface area contributed by atoms with Gasteiger partial charge in [-0.3, -0.25) is 4.79 Å². The summed E-state index contributed by atoms with van der Waals surface area (Å²) in [4.78, 5) is 11.7. The van der Waals surface area contributed by atoms with Crippen LogP contribution in [0.15, 0.2) is 52.0 Å². The minimum atomic E-state index is -0.745. The Morgan fingerprint density at radius 1 is 1.25 bits per heavy atom. The van der Waals surface area contributed by atoms with E-state index in [0.717, 1.165) is 24.5 Å². The smallest absolute Gasteiger partial charge is 0.227 e. The molecule has 0 fully saturated rings. The Hall–Kier alpha value is -3.00. The first kappa shape index (κ1) is 15.9. The summed E-state index contributed by atoms with van der Waals surface area (Å²) in [5, 5.41) is 13.0. The van der Waals surface area contributed by atoms with Crippen LogP contribution in [0.1, 0.15) is 11.5 Å². The molecule has 6 nitrogen and oxygen atoms in total. The molecule has 24 heavy (non-hydrogen) atoms. The first-order chi connectivity index (χ1) is 11.6. The van der Waals surface area contributed by atoms with Crippen LogP contribution in [0, 0.1) is 11.6 Å². The van der Waals surface area contributed by atoms with Crippen LogP contribution >= 0.6 is 0 Å². The van der Waals surface area contributed by atoms with E-state index >= 15 is 0 Å². The maximum Gasteiger partial charge on any atom is 0.227 e. The van der Waals surface area contributed by atoms with Gasteiger partial charge in [0, 0.05) is 18.3 Å². The lowest BCUT2D eigenvalue weighted by atomic mass is 10.3. The van der Waals surface area contributed by atoms with Gasteiger partial charge < -0.3 is 14.3 Å². The third kappa shape index (κ3) is 3.33. The van der Waals surface area contributed by atoms with E-state index in [2.05, 4.69) is 5.10 Å². The standard InChI is InChI=1S/C16H12F2N2O4/c17-10-1-2-14(13(18)5-10)20-4-3-11(19-20)8-24-16-9-23-12(7-21)6-15(16)22/h1-6,9,21H,7-8H2. The van der Waals surface area contributed by atoms with E-state index in [-0.39, 0.29) is 30.4 Å². The highest BCUT2D eigenvalue weighted by Gasteiger charge is 2.09. The lowest BCUT2D eigenvalue weighted by Crippen LogP contribution is -2.08. The summed E-state index contributed by atoms with van der Waals surface area (Å²) in [6.07, 6.45) is 2.59. The quantitative estimate of drug-likeness (QED) is 0.774. The Balaban J connectivity index is 1.74. The Morgan fingerprint density at radius 3 is 2.79 bits per heavy atom. The van der Waals surface area contributed by atoms with Crippen molar-refractivity contribution in [1.29, 1.82) is 0 Å². The van der Waals surface area contributed by atoms with Gasteiger partial charge in [-0.25, -0.2) is 13.5 Å². The number of halogens is 2. The summed E-state index contributed by atoms with van der Waals surface area (Å²) >= 11 is 0. The predicted octanol–water partition coefficient (Wildman–Crippen LogP) is 2.17. The van der Waals surface area contributed by atoms with Crippen LogP contribution in [0.2, 0.25) is 0 Å². The largest absolute Gasteiger partial charge is 0.480 e. The molecule has 2 aromatic heterocycles. The summed E-state index contributed by atoms with van der Waals surface area (Å²) in [6.45, 7) is -0.428. The number of aliphatic hydroxyl groups is 1. The van der Waals surface area contributed by atoms with Gasteiger partial charge in [0.2, 0.25) is 11.2 Å². The van der Waals surface area contributed by atoms with Crippen LogP contribution in [0.25, 0.3) is 5.69 Å². The number of rotatable bonds is 5. The molecule has 0 atom stereocenters. The first-order valence-corrected chi connectivity index (χ1v) is 6.92.